The molecular formula is C16H15N3O6S. The number of hydrogen-bond donors (Lipinski definition) is 0. The zero-order valence-electron chi connectivity index (χ0n) is 14.4. The molecule has 0 fully saturated rings. The maximum absolute atomic E-state index is 12.1. The molecule has 0 radical (unpaired) electrons. The highest BCUT2D eigenvalue weighted by atomic mass is 32.2. The van der Waals surface area contributed by atoms with Gasteiger partial charge in [-0.15, -0.1) is 0 Å². The van der Waals surface area contributed by atoms with Crippen LogP contribution in [0.5, 0.6) is 0 Å². The van der Waals surface area contributed by atoms with Crippen molar-refractivity contribution in [3.63, 3.8) is 0 Å². The van der Waals surface area contributed by atoms with Crippen molar-refractivity contribution in [1.82, 2.24) is 9.97 Å². The average molecular weight is 377 g/mol. The number of aryl methyl sites for hydroxylation is 2. The first-order valence-electron chi connectivity index (χ1n) is 7.26. The number of ether oxygens (including phenoxy) is 2. The summed E-state index contributed by atoms with van der Waals surface area (Å²) < 4.78 is 9.29. The second-order valence-corrected chi connectivity index (χ2v) is 6.15. The van der Waals surface area contributed by atoms with Gasteiger partial charge in [0.2, 0.25) is 0 Å². The molecule has 0 aliphatic rings. The lowest BCUT2D eigenvalue weighted by Gasteiger charge is -2.10. The van der Waals surface area contributed by atoms with E-state index in [9.17, 15) is 19.7 Å². The second kappa shape index (κ2) is 7.91. The molecule has 0 saturated carbocycles. The maximum Gasteiger partial charge on any atom is 0.344 e. The van der Waals surface area contributed by atoms with Crippen LogP contribution in [0.15, 0.2) is 28.3 Å². The van der Waals surface area contributed by atoms with E-state index in [1.165, 1.54) is 6.07 Å². The van der Waals surface area contributed by atoms with Crippen molar-refractivity contribution in [2.24, 2.45) is 0 Å². The molecule has 0 N–H and O–H groups in total. The quantitative estimate of drug-likeness (QED) is 0.335. The molecule has 10 heteroatoms. The standard InChI is InChI=1S/C16H15N3O6S/c1-8-5-9(2)18-16(17-8)26-13-7-10(14(20)24-3)12(19(22)23)6-11(13)15(21)25-4/h5-7H,1-4H3. The zero-order chi connectivity index (χ0) is 19.4. The highest BCUT2D eigenvalue weighted by Gasteiger charge is 2.27. The molecule has 2 rings (SSSR count). The predicted octanol–water partition coefficient (Wildman–Crippen LogP) is 2.73. The molecule has 1 aromatic carbocycles. The van der Waals surface area contributed by atoms with E-state index in [4.69, 9.17) is 4.74 Å². The van der Waals surface area contributed by atoms with Crippen molar-refractivity contribution in [3.8, 4) is 0 Å². The monoisotopic (exact) mass is 377 g/mol. The van der Waals surface area contributed by atoms with Gasteiger partial charge in [-0.1, -0.05) is 0 Å². The van der Waals surface area contributed by atoms with Crippen LogP contribution in [-0.2, 0) is 9.47 Å². The molecule has 136 valence electrons. The van der Waals surface area contributed by atoms with Crippen molar-refractivity contribution < 1.29 is 24.0 Å². The van der Waals surface area contributed by atoms with Gasteiger partial charge in [0.05, 0.1) is 24.7 Å². The minimum absolute atomic E-state index is 0.0698. The first-order valence-corrected chi connectivity index (χ1v) is 8.07. The van der Waals surface area contributed by atoms with Gasteiger partial charge in [0, 0.05) is 22.3 Å². The van der Waals surface area contributed by atoms with Crippen molar-refractivity contribution in [1.29, 1.82) is 0 Å². The van der Waals surface area contributed by atoms with Crippen molar-refractivity contribution in [3.05, 3.63) is 50.8 Å². The number of esters is 2. The van der Waals surface area contributed by atoms with Gasteiger partial charge in [0.15, 0.2) is 5.16 Å². The van der Waals surface area contributed by atoms with Crippen LogP contribution in [0, 0.1) is 24.0 Å². The lowest BCUT2D eigenvalue weighted by molar-refractivity contribution is -0.385. The molecule has 0 spiro atoms. The summed E-state index contributed by atoms with van der Waals surface area (Å²) in [4.78, 5) is 43.3. The van der Waals surface area contributed by atoms with Crippen LogP contribution in [-0.4, -0.2) is 41.0 Å². The van der Waals surface area contributed by atoms with Crippen LogP contribution in [0.2, 0.25) is 0 Å². The van der Waals surface area contributed by atoms with Gasteiger partial charge in [0.1, 0.15) is 5.56 Å². The smallest absolute Gasteiger partial charge is 0.344 e. The highest BCUT2D eigenvalue weighted by Crippen LogP contribution is 2.34. The van der Waals surface area contributed by atoms with E-state index in [0.717, 1.165) is 43.4 Å². The fraction of sp³-hybridized carbons (Fsp3) is 0.250. The fourth-order valence-electron chi connectivity index (χ4n) is 2.18. The van der Waals surface area contributed by atoms with Crippen LogP contribution >= 0.6 is 11.8 Å². The summed E-state index contributed by atoms with van der Waals surface area (Å²) in [5, 5.41) is 11.6. The van der Waals surface area contributed by atoms with Gasteiger partial charge in [-0.3, -0.25) is 10.1 Å². The molecule has 0 atom stereocenters. The summed E-state index contributed by atoms with van der Waals surface area (Å²) in [6, 6.07) is 3.98. The number of nitro benzene ring substituents is 1. The van der Waals surface area contributed by atoms with Crippen LogP contribution in [0.4, 0.5) is 5.69 Å². The third-order valence-electron chi connectivity index (χ3n) is 3.27. The van der Waals surface area contributed by atoms with E-state index >= 15 is 0 Å². The first kappa shape index (κ1) is 19.3. The summed E-state index contributed by atoms with van der Waals surface area (Å²) in [6.07, 6.45) is 0. The third-order valence-corrected chi connectivity index (χ3v) is 4.19. The number of nitrogens with zero attached hydrogens (tertiary/aromatic N) is 3. The number of methoxy groups -OCH3 is 2. The summed E-state index contributed by atoms with van der Waals surface area (Å²) in [5.41, 5.74) is 0.532. The Balaban J connectivity index is 2.66. The molecular weight excluding hydrogens is 362 g/mol. The summed E-state index contributed by atoms with van der Waals surface area (Å²) in [6.45, 7) is 3.57. The van der Waals surface area contributed by atoms with Crippen LogP contribution in [0.3, 0.4) is 0 Å². The maximum atomic E-state index is 12.1. The molecule has 2 aromatic rings. The number of benzene rings is 1. The normalized spacial score (nSPS) is 10.3. The largest absolute Gasteiger partial charge is 0.465 e. The number of carbonyl (C=O) groups excluding carboxylic acids is 2. The van der Waals surface area contributed by atoms with Crippen molar-refractivity contribution >= 4 is 29.4 Å². The lowest BCUT2D eigenvalue weighted by Crippen LogP contribution is -2.10. The van der Waals surface area contributed by atoms with Gasteiger partial charge in [-0.05, 0) is 37.7 Å². The molecule has 0 amide bonds. The van der Waals surface area contributed by atoms with Crippen molar-refractivity contribution in [2.45, 2.75) is 23.9 Å². The Morgan fingerprint density at radius 3 is 2.04 bits per heavy atom. The SMILES string of the molecule is COC(=O)c1cc([N+](=O)[O-])c(C(=O)OC)cc1Sc1nc(C)cc(C)n1. The van der Waals surface area contributed by atoms with Crippen LogP contribution in [0.1, 0.15) is 32.1 Å². The predicted molar refractivity (Wildman–Crippen MR) is 91.4 cm³/mol. The molecule has 9 nitrogen and oxygen atoms in total. The molecule has 0 saturated heterocycles. The molecule has 0 aliphatic heterocycles. The lowest BCUT2D eigenvalue weighted by atomic mass is 10.1. The second-order valence-electron chi connectivity index (χ2n) is 5.14. The highest BCUT2D eigenvalue weighted by molar-refractivity contribution is 7.99. The minimum Gasteiger partial charge on any atom is -0.465 e. The number of hydrogen-bond acceptors (Lipinski definition) is 9. The summed E-state index contributed by atoms with van der Waals surface area (Å²) >= 11 is 0.995. The van der Waals surface area contributed by atoms with E-state index in [2.05, 4.69) is 14.7 Å². The molecule has 1 heterocycles. The van der Waals surface area contributed by atoms with Crippen molar-refractivity contribution in [2.75, 3.05) is 14.2 Å². The van der Waals surface area contributed by atoms with E-state index in [-0.39, 0.29) is 16.0 Å². The van der Waals surface area contributed by atoms with E-state index < -0.39 is 22.5 Å². The molecule has 26 heavy (non-hydrogen) atoms. The Labute approximate surface area is 152 Å². The number of carbonyl (C=O) groups is 2. The summed E-state index contributed by atoms with van der Waals surface area (Å²) in [5.74, 6) is -1.67. The Bertz CT molecular complexity index is 880. The van der Waals surface area contributed by atoms with E-state index in [0.29, 0.717) is 5.16 Å². The van der Waals surface area contributed by atoms with Crippen LogP contribution in [0.25, 0.3) is 0 Å². The molecule has 0 unspecified atom stereocenters. The van der Waals surface area contributed by atoms with Gasteiger partial charge >= 0.3 is 11.9 Å². The Morgan fingerprint density at radius 1 is 1.00 bits per heavy atom. The number of rotatable bonds is 5. The van der Waals surface area contributed by atoms with E-state index in [1.54, 1.807) is 19.9 Å². The zero-order valence-corrected chi connectivity index (χ0v) is 15.2. The first-order chi connectivity index (χ1) is 12.3. The Morgan fingerprint density at radius 2 is 1.54 bits per heavy atom. The molecule has 0 aliphatic carbocycles. The number of aromatic nitrogens is 2. The van der Waals surface area contributed by atoms with Crippen LogP contribution < -0.4 is 0 Å². The van der Waals surface area contributed by atoms with Gasteiger partial charge in [-0.25, -0.2) is 19.6 Å². The Hall–Kier alpha value is -3.01. The fourth-order valence-corrected chi connectivity index (χ4v) is 3.19. The van der Waals surface area contributed by atoms with Gasteiger partial charge in [0.25, 0.3) is 5.69 Å². The minimum atomic E-state index is -0.892. The topological polar surface area (TPSA) is 122 Å². The number of nitro groups is 1. The Kier molecular flexibility index (Phi) is 5.88. The van der Waals surface area contributed by atoms with E-state index in [1.807, 2.05) is 0 Å². The average Bonchev–Trinajstić information content (AvgIpc) is 2.58. The third kappa shape index (κ3) is 4.14. The molecule has 0 bridgehead atoms. The summed E-state index contributed by atoms with van der Waals surface area (Å²) in [7, 11) is 2.27. The van der Waals surface area contributed by atoms with Gasteiger partial charge < -0.3 is 9.47 Å². The molecule has 1 aromatic heterocycles. The van der Waals surface area contributed by atoms with Gasteiger partial charge in [-0.2, -0.15) is 0 Å².